The van der Waals surface area contributed by atoms with E-state index in [0.717, 1.165) is 0 Å². The lowest BCUT2D eigenvalue weighted by Crippen LogP contribution is -2.64. The van der Waals surface area contributed by atoms with Gasteiger partial charge < -0.3 is 20.7 Å². The summed E-state index contributed by atoms with van der Waals surface area (Å²) in [6, 6.07) is -0.391. The van der Waals surface area contributed by atoms with Crippen LogP contribution in [0.15, 0.2) is 0 Å². The first-order valence-corrected chi connectivity index (χ1v) is 6.04. The van der Waals surface area contributed by atoms with Gasteiger partial charge in [0.25, 0.3) is 0 Å². The van der Waals surface area contributed by atoms with Gasteiger partial charge in [-0.05, 0) is 12.8 Å². The van der Waals surface area contributed by atoms with Crippen LogP contribution < -0.4 is 11.1 Å². The second-order valence-electron chi connectivity index (χ2n) is 4.67. The molecule has 2 aliphatic rings. The van der Waals surface area contributed by atoms with Crippen LogP contribution in [0.3, 0.4) is 0 Å². The number of rotatable bonds is 2. The van der Waals surface area contributed by atoms with E-state index < -0.39 is 11.6 Å². The molecule has 0 aliphatic carbocycles. The Bertz CT molecular complexity index is 326. The molecule has 2 aliphatic heterocycles. The van der Waals surface area contributed by atoms with Gasteiger partial charge in [0.2, 0.25) is 11.8 Å². The molecule has 2 atom stereocenters. The smallest absolute Gasteiger partial charge is 0.245 e. The van der Waals surface area contributed by atoms with Gasteiger partial charge in [-0.15, -0.1) is 0 Å². The minimum Gasteiger partial charge on any atom is -0.379 e. The van der Waals surface area contributed by atoms with E-state index in [1.165, 1.54) is 0 Å². The fourth-order valence-corrected chi connectivity index (χ4v) is 2.40. The number of hydrogen-bond acceptors (Lipinski definition) is 4. The highest BCUT2D eigenvalue weighted by molar-refractivity contribution is 5.93. The fourth-order valence-electron chi connectivity index (χ4n) is 2.40. The third-order valence-electron chi connectivity index (χ3n) is 3.46. The molecule has 0 saturated carbocycles. The van der Waals surface area contributed by atoms with Crippen molar-refractivity contribution in [2.24, 2.45) is 5.73 Å². The van der Waals surface area contributed by atoms with Crippen molar-refractivity contribution in [1.82, 2.24) is 10.2 Å². The summed E-state index contributed by atoms with van der Waals surface area (Å²) in [5.74, 6) is -0.244. The van der Waals surface area contributed by atoms with Gasteiger partial charge in [0.15, 0.2) is 0 Å². The zero-order chi connectivity index (χ0) is 12.5. The summed E-state index contributed by atoms with van der Waals surface area (Å²) in [4.78, 5) is 25.7. The number of nitrogens with zero attached hydrogens (tertiary/aromatic N) is 1. The van der Waals surface area contributed by atoms with Gasteiger partial charge in [-0.25, -0.2) is 0 Å². The number of ether oxygens (including phenoxy) is 1. The molecule has 17 heavy (non-hydrogen) atoms. The summed E-state index contributed by atoms with van der Waals surface area (Å²) in [5, 5.41) is 2.77. The lowest BCUT2D eigenvalue weighted by atomic mass is 9.96. The summed E-state index contributed by atoms with van der Waals surface area (Å²) in [5.41, 5.74) is 5.11. The molecule has 2 heterocycles. The van der Waals surface area contributed by atoms with Gasteiger partial charge in [0.05, 0.1) is 6.61 Å². The van der Waals surface area contributed by atoms with Gasteiger partial charge in [-0.3, -0.25) is 9.59 Å². The van der Waals surface area contributed by atoms with Crippen molar-refractivity contribution in [3.63, 3.8) is 0 Å². The number of amides is 2. The molecule has 0 bridgehead atoms. The van der Waals surface area contributed by atoms with Crippen molar-refractivity contribution in [2.75, 3.05) is 26.3 Å². The Labute approximate surface area is 100 Å². The van der Waals surface area contributed by atoms with E-state index in [1.54, 1.807) is 4.90 Å². The van der Waals surface area contributed by atoms with Crippen LogP contribution in [0.4, 0.5) is 0 Å². The Hall–Kier alpha value is -1.14. The van der Waals surface area contributed by atoms with Crippen LogP contribution in [-0.4, -0.2) is 54.6 Å². The van der Waals surface area contributed by atoms with Crippen molar-refractivity contribution < 1.29 is 14.3 Å². The zero-order valence-corrected chi connectivity index (χ0v) is 10.1. The van der Waals surface area contributed by atoms with E-state index in [9.17, 15) is 9.59 Å². The molecule has 96 valence electrons. The maximum absolute atomic E-state index is 12.4. The van der Waals surface area contributed by atoms with Gasteiger partial charge in [0, 0.05) is 19.7 Å². The molecule has 2 unspecified atom stereocenters. The Morgan fingerprint density at radius 1 is 1.71 bits per heavy atom. The van der Waals surface area contributed by atoms with E-state index in [0.29, 0.717) is 32.5 Å². The van der Waals surface area contributed by atoms with E-state index in [1.807, 2.05) is 6.92 Å². The van der Waals surface area contributed by atoms with E-state index >= 15 is 0 Å². The molecule has 0 radical (unpaired) electrons. The van der Waals surface area contributed by atoms with Gasteiger partial charge in [-0.1, -0.05) is 6.92 Å². The number of piperazine rings is 1. The monoisotopic (exact) mass is 241 g/mol. The van der Waals surface area contributed by atoms with E-state index in [-0.39, 0.29) is 18.4 Å². The van der Waals surface area contributed by atoms with Crippen LogP contribution in [0.2, 0.25) is 0 Å². The van der Waals surface area contributed by atoms with Crippen molar-refractivity contribution in [3.8, 4) is 0 Å². The summed E-state index contributed by atoms with van der Waals surface area (Å²) in [6.07, 6.45) is 1.13. The molecule has 2 fully saturated rings. The molecule has 6 nitrogen and oxygen atoms in total. The van der Waals surface area contributed by atoms with Crippen LogP contribution in [0.25, 0.3) is 0 Å². The number of carbonyl (C=O) groups is 2. The predicted octanol–water partition coefficient (Wildman–Crippen LogP) is -1.16. The van der Waals surface area contributed by atoms with Gasteiger partial charge in [-0.2, -0.15) is 0 Å². The van der Waals surface area contributed by atoms with Crippen molar-refractivity contribution in [2.45, 2.75) is 31.3 Å². The topological polar surface area (TPSA) is 84.7 Å². The fraction of sp³-hybridized carbons (Fsp3) is 0.818. The second kappa shape index (κ2) is 4.62. The lowest BCUT2D eigenvalue weighted by molar-refractivity contribution is -0.147. The highest BCUT2D eigenvalue weighted by Gasteiger charge is 2.44. The molecule has 0 aromatic rings. The summed E-state index contributed by atoms with van der Waals surface area (Å²) < 4.78 is 5.19. The number of nitrogens with one attached hydrogen (secondary N) is 1. The first-order valence-electron chi connectivity index (χ1n) is 6.04. The average Bonchev–Trinajstić information content (AvgIpc) is 2.76. The first kappa shape index (κ1) is 12.3. The number of carbonyl (C=O) groups excluding carboxylic acids is 2. The second-order valence-corrected chi connectivity index (χ2v) is 4.67. The summed E-state index contributed by atoms with van der Waals surface area (Å²) in [7, 11) is 0. The quantitative estimate of drug-likeness (QED) is 0.639. The molecule has 3 N–H and O–H groups in total. The Balaban J connectivity index is 2.14. The Morgan fingerprint density at radius 2 is 2.47 bits per heavy atom. The zero-order valence-electron chi connectivity index (χ0n) is 10.1. The standard InChI is InChI=1S/C11H19N3O3/c1-2-8-9(15)13-4-5-14(8)10(16)11(12)3-6-17-7-11/h8H,2-7,12H2,1H3,(H,13,15). The predicted molar refractivity (Wildman–Crippen MR) is 61.2 cm³/mol. The largest absolute Gasteiger partial charge is 0.379 e. The van der Waals surface area contributed by atoms with E-state index in [2.05, 4.69) is 5.32 Å². The van der Waals surface area contributed by atoms with Gasteiger partial charge >= 0.3 is 0 Å². The SMILES string of the molecule is CCC1C(=O)NCCN1C(=O)C1(N)CCOC1. The number of hydrogen-bond donors (Lipinski definition) is 2. The molecular weight excluding hydrogens is 222 g/mol. The van der Waals surface area contributed by atoms with Crippen LogP contribution in [0.5, 0.6) is 0 Å². The summed E-state index contributed by atoms with van der Waals surface area (Å²) >= 11 is 0. The van der Waals surface area contributed by atoms with E-state index in [4.69, 9.17) is 10.5 Å². The van der Waals surface area contributed by atoms with Crippen molar-refractivity contribution in [1.29, 1.82) is 0 Å². The molecule has 2 saturated heterocycles. The maximum atomic E-state index is 12.4. The van der Waals surface area contributed by atoms with Crippen molar-refractivity contribution in [3.05, 3.63) is 0 Å². The first-order chi connectivity index (χ1) is 8.08. The Morgan fingerprint density at radius 3 is 3.06 bits per heavy atom. The highest BCUT2D eigenvalue weighted by Crippen LogP contribution is 2.21. The third kappa shape index (κ3) is 2.14. The molecule has 2 amide bonds. The lowest BCUT2D eigenvalue weighted by Gasteiger charge is -2.38. The van der Waals surface area contributed by atoms with Crippen LogP contribution in [0.1, 0.15) is 19.8 Å². The summed E-state index contributed by atoms with van der Waals surface area (Å²) in [6.45, 7) is 3.68. The van der Waals surface area contributed by atoms with Crippen molar-refractivity contribution >= 4 is 11.8 Å². The maximum Gasteiger partial charge on any atom is 0.245 e. The normalized spacial score (nSPS) is 33.6. The number of nitrogens with two attached hydrogens (primary N) is 1. The molecule has 0 aromatic carbocycles. The van der Waals surface area contributed by atoms with Crippen LogP contribution in [-0.2, 0) is 14.3 Å². The molecule has 2 rings (SSSR count). The Kier molecular flexibility index (Phi) is 3.35. The average molecular weight is 241 g/mol. The van der Waals surface area contributed by atoms with Crippen LogP contribution >= 0.6 is 0 Å². The minimum absolute atomic E-state index is 0.0883. The molecule has 0 aromatic heterocycles. The molecule has 0 spiro atoms. The third-order valence-corrected chi connectivity index (χ3v) is 3.46. The van der Waals surface area contributed by atoms with Crippen LogP contribution in [0, 0.1) is 0 Å². The van der Waals surface area contributed by atoms with Gasteiger partial charge in [0.1, 0.15) is 11.6 Å². The highest BCUT2D eigenvalue weighted by atomic mass is 16.5. The minimum atomic E-state index is -0.939. The molecular formula is C11H19N3O3. The molecule has 6 heteroatoms.